The number of carbonyl (C=O) groups excluding carboxylic acids is 1. The number of nitrogens with zero attached hydrogens (tertiary/aromatic N) is 2. The minimum atomic E-state index is 0.301. The first-order valence-electron chi connectivity index (χ1n) is 10.4. The summed E-state index contributed by atoms with van der Waals surface area (Å²) in [5.74, 6) is 1.85. The molecule has 28 heavy (non-hydrogen) atoms. The fourth-order valence-electron chi connectivity index (χ4n) is 4.19. The van der Waals surface area contributed by atoms with Crippen molar-refractivity contribution in [3.8, 4) is 5.75 Å². The topological polar surface area (TPSA) is 51.2 Å². The highest BCUT2D eigenvalue weighted by atomic mass is 16.5. The molecule has 2 fully saturated rings. The summed E-state index contributed by atoms with van der Waals surface area (Å²) in [4.78, 5) is 16.8. The standard InChI is InChI=1S/C22H34N2O4/c1-26-17-20-15-19(3-5-21(20)27-2)16-23-9-7-18(8-10-23)4-6-22(25)24-11-13-28-14-12-24/h3,5,15,18H,4,6-14,16-17H2,1-2H3. The molecule has 2 aliphatic heterocycles. The molecule has 2 heterocycles. The van der Waals surface area contributed by atoms with Gasteiger partial charge in [0.2, 0.25) is 5.91 Å². The monoisotopic (exact) mass is 390 g/mol. The van der Waals surface area contributed by atoms with Crippen LogP contribution in [0.1, 0.15) is 36.8 Å². The van der Waals surface area contributed by atoms with Crippen LogP contribution in [0.25, 0.3) is 0 Å². The van der Waals surface area contributed by atoms with Crippen LogP contribution in [0.2, 0.25) is 0 Å². The van der Waals surface area contributed by atoms with Crippen molar-refractivity contribution in [3.05, 3.63) is 29.3 Å². The van der Waals surface area contributed by atoms with Crippen molar-refractivity contribution in [1.82, 2.24) is 9.80 Å². The lowest BCUT2D eigenvalue weighted by atomic mass is 9.91. The molecule has 0 atom stereocenters. The molecule has 0 aromatic heterocycles. The summed E-state index contributed by atoms with van der Waals surface area (Å²) in [6.07, 6.45) is 4.06. The number of hydrogen-bond acceptors (Lipinski definition) is 5. The van der Waals surface area contributed by atoms with Gasteiger partial charge in [-0.25, -0.2) is 0 Å². The average Bonchev–Trinajstić information content (AvgIpc) is 2.74. The van der Waals surface area contributed by atoms with Crippen molar-refractivity contribution in [2.75, 3.05) is 53.6 Å². The highest BCUT2D eigenvalue weighted by Crippen LogP contribution is 2.25. The van der Waals surface area contributed by atoms with Gasteiger partial charge in [-0.3, -0.25) is 9.69 Å². The third kappa shape index (κ3) is 5.93. The van der Waals surface area contributed by atoms with E-state index in [0.717, 1.165) is 50.5 Å². The predicted molar refractivity (Wildman–Crippen MR) is 108 cm³/mol. The van der Waals surface area contributed by atoms with Crippen molar-refractivity contribution in [2.24, 2.45) is 5.92 Å². The van der Waals surface area contributed by atoms with E-state index >= 15 is 0 Å². The van der Waals surface area contributed by atoms with Gasteiger partial charge in [-0.1, -0.05) is 6.07 Å². The highest BCUT2D eigenvalue weighted by molar-refractivity contribution is 5.76. The number of carbonyl (C=O) groups is 1. The first-order valence-corrected chi connectivity index (χ1v) is 10.4. The van der Waals surface area contributed by atoms with Gasteiger partial charge in [0.1, 0.15) is 5.75 Å². The lowest BCUT2D eigenvalue weighted by molar-refractivity contribution is -0.135. The summed E-state index contributed by atoms with van der Waals surface area (Å²) in [6.45, 7) is 6.60. The Balaban J connectivity index is 1.41. The van der Waals surface area contributed by atoms with Crippen LogP contribution in [0.4, 0.5) is 0 Å². The van der Waals surface area contributed by atoms with Gasteiger partial charge in [-0.05, 0) is 56.0 Å². The zero-order valence-corrected chi connectivity index (χ0v) is 17.3. The minimum absolute atomic E-state index is 0.301. The highest BCUT2D eigenvalue weighted by Gasteiger charge is 2.22. The maximum Gasteiger partial charge on any atom is 0.222 e. The number of methoxy groups -OCH3 is 2. The molecule has 0 radical (unpaired) electrons. The second kappa shape index (κ2) is 10.8. The molecule has 156 valence electrons. The number of benzene rings is 1. The van der Waals surface area contributed by atoms with E-state index in [1.807, 2.05) is 11.0 Å². The molecule has 3 rings (SSSR count). The average molecular weight is 391 g/mol. The lowest BCUT2D eigenvalue weighted by Crippen LogP contribution is -2.41. The van der Waals surface area contributed by atoms with E-state index < -0.39 is 0 Å². The van der Waals surface area contributed by atoms with Crippen molar-refractivity contribution >= 4 is 5.91 Å². The largest absolute Gasteiger partial charge is 0.496 e. The molecule has 2 aliphatic rings. The number of hydrogen-bond donors (Lipinski definition) is 0. The lowest BCUT2D eigenvalue weighted by Gasteiger charge is -2.33. The Morgan fingerprint density at radius 2 is 1.89 bits per heavy atom. The van der Waals surface area contributed by atoms with Gasteiger partial charge >= 0.3 is 0 Å². The van der Waals surface area contributed by atoms with Crippen LogP contribution in [-0.4, -0.2) is 69.3 Å². The summed E-state index contributed by atoms with van der Waals surface area (Å²) in [6, 6.07) is 6.37. The Kier molecular flexibility index (Phi) is 8.13. The fraction of sp³-hybridized carbons (Fsp3) is 0.682. The zero-order valence-electron chi connectivity index (χ0n) is 17.3. The summed E-state index contributed by atoms with van der Waals surface area (Å²) in [7, 11) is 3.41. The maximum atomic E-state index is 12.3. The molecule has 0 aliphatic carbocycles. The summed E-state index contributed by atoms with van der Waals surface area (Å²) in [5.41, 5.74) is 2.40. The SMILES string of the molecule is COCc1cc(CN2CCC(CCC(=O)N3CCOCC3)CC2)ccc1OC. The normalized spacial score (nSPS) is 19.0. The van der Waals surface area contributed by atoms with E-state index in [1.165, 1.54) is 18.4 Å². The maximum absolute atomic E-state index is 12.3. The predicted octanol–water partition coefficient (Wildman–Crippen LogP) is 2.69. The van der Waals surface area contributed by atoms with E-state index in [1.54, 1.807) is 14.2 Å². The number of morpholine rings is 1. The fourth-order valence-corrected chi connectivity index (χ4v) is 4.19. The number of amides is 1. The van der Waals surface area contributed by atoms with Gasteiger partial charge < -0.3 is 19.1 Å². The number of ether oxygens (including phenoxy) is 3. The van der Waals surface area contributed by atoms with Crippen molar-refractivity contribution in [1.29, 1.82) is 0 Å². The van der Waals surface area contributed by atoms with Crippen LogP contribution in [0.5, 0.6) is 5.75 Å². The quantitative estimate of drug-likeness (QED) is 0.683. The molecule has 6 nitrogen and oxygen atoms in total. The Hall–Kier alpha value is -1.63. The number of likely N-dealkylation sites (tertiary alicyclic amines) is 1. The van der Waals surface area contributed by atoms with E-state index in [9.17, 15) is 4.79 Å². The number of piperidine rings is 1. The molecule has 0 unspecified atom stereocenters. The van der Waals surface area contributed by atoms with Crippen LogP contribution in [-0.2, 0) is 27.4 Å². The Bertz CT molecular complexity index is 623. The Morgan fingerprint density at radius 3 is 2.57 bits per heavy atom. The van der Waals surface area contributed by atoms with Gasteiger partial charge in [-0.2, -0.15) is 0 Å². The van der Waals surface area contributed by atoms with E-state index in [-0.39, 0.29) is 0 Å². The third-order valence-electron chi connectivity index (χ3n) is 5.89. The Labute approximate surface area is 168 Å². The van der Waals surface area contributed by atoms with E-state index in [4.69, 9.17) is 14.2 Å². The van der Waals surface area contributed by atoms with Crippen molar-refractivity contribution in [2.45, 2.75) is 38.8 Å². The first kappa shape index (κ1) is 21.1. The van der Waals surface area contributed by atoms with Crippen LogP contribution < -0.4 is 4.74 Å². The van der Waals surface area contributed by atoms with E-state index in [0.29, 0.717) is 38.1 Å². The van der Waals surface area contributed by atoms with Crippen LogP contribution in [0.3, 0.4) is 0 Å². The van der Waals surface area contributed by atoms with Gasteiger partial charge in [-0.15, -0.1) is 0 Å². The molecule has 6 heteroatoms. The molecule has 1 aromatic carbocycles. The third-order valence-corrected chi connectivity index (χ3v) is 5.89. The zero-order chi connectivity index (χ0) is 19.8. The Morgan fingerprint density at radius 1 is 1.14 bits per heavy atom. The molecule has 1 aromatic rings. The molecule has 2 saturated heterocycles. The molecule has 0 bridgehead atoms. The second-order valence-corrected chi connectivity index (χ2v) is 7.83. The van der Waals surface area contributed by atoms with Crippen LogP contribution in [0.15, 0.2) is 18.2 Å². The molecular weight excluding hydrogens is 356 g/mol. The smallest absolute Gasteiger partial charge is 0.222 e. The van der Waals surface area contributed by atoms with Gasteiger partial charge in [0.05, 0.1) is 26.9 Å². The van der Waals surface area contributed by atoms with Gasteiger partial charge in [0.15, 0.2) is 0 Å². The van der Waals surface area contributed by atoms with Crippen LogP contribution in [0, 0.1) is 5.92 Å². The number of rotatable bonds is 8. The van der Waals surface area contributed by atoms with Gasteiger partial charge in [0, 0.05) is 38.7 Å². The second-order valence-electron chi connectivity index (χ2n) is 7.83. The van der Waals surface area contributed by atoms with Crippen molar-refractivity contribution in [3.63, 3.8) is 0 Å². The first-order chi connectivity index (χ1) is 13.7. The van der Waals surface area contributed by atoms with E-state index in [2.05, 4.69) is 17.0 Å². The van der Waals surface area contributed by atoms with Gasteiger partial charge in [0.25, 0.3) is 0 Å². The molecule has 1 amide bonds. The molecule has 0 saturated carbocycles. The molecular formula is C22H34N2O4. The summed E-state index contributed by atoms with van der Waals surface area (Å²) >= 11 is 0. The molecule has 0 spiro atoms. The van der Waals surface area contributed by atoms with Crippen molar-refractivity contribution < 1.29 is 19.0 Å². The minimum Gasteiger partial charge on any atom is -0.496 e. The summed E-state index contributed by atoms with van der Waals surface area (Å²) < 4.78 is 16.0. The van der Waals surface area contributed by atoms with Crippen LogP contribution >= 0.6 is 0 Å². The molecule has 0 N–H and O–H groups in total. The summed E-state index contributed by atoms with van der Waals surface area (Å²) in [5, 5.41) is 0.